The lowest BCUT2D eigenvalue weighted by atomic mass is 9.81. The fourth-order valence-electron chi connectivity index (χ4n) is 1.84. The van der Waals surface area contributed by atoms with Crippen LogP contribution in [0.25, 0.3) is 0 Å². The molecule has 1 aromatic rings. The standard InChI is InChI=1S/C17H25NO2S/c1-13(19)20-12-16(2,3)10-11-17(4,5)14-6-8-15(18-21)9-7-14/h6-11,18,21H,12H2,1-5H3/b11-10+. The van der Waals surface area contributed by atoms with Gasteiger partial charge in [0, 0.05) is 23.4 Å². The molecule has 0 aliphatic rings. The van der Waals surface area contributed by atoms with Crippen LogP contribution in [0.4, 0.5) is 5.69 Å². The van der Waals surface area contributed by atoms with Gasteiger partial charge in [0.15, 0.2) is 0 Å². The number of nitrogens with one attached hydrogen (secondary N) is 1. The normalized spacial score (nSPS) is 12.5. The number of esters is 1. The summed E-state index contributed by atoms with van der Waals surface area (Å²) in [5.74, 6) is -0.245. The summed E-state index contributed by atoms with van der Waals surface area (Å²) in [6.45, 7) is 10.2. The van der Waals surface area contributed by atoms with Crippen molar-refractivity contribution in [3.05, 3.63) is 42.0 Å². The van der Waals surface area contributed by atoms with Crippen molar-refractivity contribution in [1.82, 2.24) is 0 Å². The number of benzene rings is 1. The van der Waals surface area contributed by atoms with Crippen molar-refractivity contribution in [1.29, 1.82) is 0 Å². The number of carbonyl (C=O) groups excluding carboxylic acids is 1. The van der Waals surface area contributed by atoms with Gasteiger partial charge >= 0.3 is 5.97 Å². The first kappa shape index (κ1) is 17.6. The first-order valence-electron chi connectivity index (χ1n) is 7.01. The molecule has 0 amide bonds. The molecule has 1 aromatic carbocycles. The van der Waals surface area contributed by atoms with Gasteiger partial charge in [-0.1, -0.05) is 64.8 Å². The number of allylic oxidation sites excluding steroid dienone is 1. The lowest BCUT2D eigenvalue weighted by Crippen LogP contribution is -2.21. The quantitative estimate of drug-likeness (QED) is 0.466. The zero-order valence-corrected chi connectivity index (χ0v) is 14.3. The molecule has 0 aliphatic heterocycles. The van der Waals surface area contributed by atoms with Gasteiger partial charge in [0.1, 0.15) is 0 Å². The highest BCUT2D eigenvalue weighted by atomic mass is 32.1. The molecule has 0 saturated heterocycles. The SMILES string of the molecule is CC(=O)OCC(C)(C)/C=C/C(C)(C)c1ccc(NS)cc1. The van der Waals surface area contributed by atoms with E-state index in [9.17, 15) is 4.79 Å². The predicted octanol–water partition coefficient (Wildman–Crippen LogP) is 4.37. The van der Waals surface area contributed by atoms with E-state index in [1.165, 1.54) is 12.5 Å². The fraction of sp³-hybridized carbons (Fsp3) is 0.471. The molecule has 0 atom stereocenters. The second-order valence-corrected chi connectivity index (χ2v) is 6.74. The van der Waals surface area contributed by atoms with Crippen LogP contribution in [0.1, 0.15) is 40.2 Å². The third kappa shape index (κ3) is 5.84. The maximum atomic E-state index is 10.9. The second kappa shape index (κ2) is 7.03. The third-order valence-electron chi connectivity index (χ3n) is 3.36. The Kier molecular flexibility index (Phi) is 5.90. The minimum atomic E-state index is -0.245. The summed E-state index contributed by atoms with van der Waals surface area (Å²) in [6, 6.07) is 8.17. The molecule has 1 rings (SSSR count). The molecule has 3 nitrogen and oxygen atoms in total. The minimum absolute atomic E-state index is 0.0946. The van der Waals surface area contributed by atoms with Gasteiger partial charge in [-0.05, 0) is 17.7 Å². The zero-order chi connectivity index (χ0) is 16.1. The number of hydrogen-bond donors (Lipinski definition) is 2. The van der Waals surface area contributed by atoms with Gasteiger partial charge in [-0.25, -0.2) is 0 Å². The highest BCUT2D eigenvalue weighted by Crippen LogP contribution is 2.29. The second-order valence-electron chi connectivity index (χ2n) is 6.51. The molecule has 0 aromatic heterocycles. The molecule has 4 heteroatoms. The van der Waals surface area contributed by atoms with E-state index < -0.39 is 0 Å². The summed E-state index contributed by atoms with van der Waals surface area (Å²) in [5, 5.41) is 0. The van der Waals surface area contributed by atoms with E-state index in [1.54, 1.807) is 0 Å². The molecule has 0 heterocycles. The molecule has 0 saturated carbocycles. The lowest BCUT2D eigenvalue weighted by Gasteiger charge is -2.25. The Balaban J connectivity index is 2.81. The van der Waals surface area contributed by atoms with Crippen molar-refractivity contribution in [2.45, 2.75) is 40.0 Å². The summed E-state index contributed by atoms with van der Waals surface area (Å²) in [5.41, 5.74) is 1.91. The number of anilines is 1. The molecule has 0 unspecified atom stereocenters. The van der Waals surface area contributed by atoms with Gasteiger partial charge in [0.05, 0.1) is 6.61 Å². The topological polar surface area (TPSA) is 38.3 Å². The zero-order valence-electron chi connectivity index (χ0n) is 13.4. The number of ether oxygens (including phenoxy) is 1. The van der Waals surface area contributed by atoms with Gasteiger partial charge in [-0.2, -0.15) is 0 Å². The van der Waals surface area contributed by atoms with Crippen LogP contribution in [0.5, 0.6) is 0 Å². The van der Waals surface area contributed by atoms with Crippen LogP contribution in [0.3, 0.4) is 0 Å². The predicted molar refractivity (Wildman–Crippen MR) is 91.6 cm³/mol. The van der Waals surface area contributed by atoms with Gasteiger partial charge in [0.2, 0.25) is 0 Å². The Morgan fingerprint density at radius 3 is 2.24 bits per heavy atom. The van der Waals surface area contributed by atoms with Crippen molar-refractivity contribution in [3.63, 3.8) is 0 Å². The Labute approximate surface area is 133 Å². The third-order valence-corrected chi connectivity index (χ3v) is 3.61. The number of rotatable bonds is 6. The molecule has 0 radical (unpaired) electrons. The highest BCUT2D eigenvalue weighted by Gasteiger charge is 2.21. The van der Waals surface area contributed by atoms with Crippen LogP contribution in [0.2, 0.25) is 0 Å². The maximum Gasteiger partial charge on any atom is 0.302 e. The fourth-order valence-corrected chi connectivity index (χ4v) is 1.99. The molecule has 0 spiro atoms. The van der Waals surface area contributed by atoms with Crippen molar-refractivity contribution >= 4 is 24.5 Å². The molecular formula is C17H25NO2S. The molecule has 0 bridgehead atoms. The van der Waals surface area contributed by atoms with Gasteiger partial charge in [0.25, 0.3) is 0 Å². The van der Waals surface area contributed by atoms with Crippen LogP contribution >= 0.6 is 12.8 Å². The Hall–Kier alpha value is -1.42. The number of carbonyl (C=O) groups is 1. The minimum Gasteiger partial charge on any atom is -0.465 e. The van der Waals surface area contributed by atoms with E-state index in [4.69, 9.17) is 4.74 Å². The smallest absolute Gasteiger partial charge is 0.302 e. The van der Waals surface area contributed by atoms with Crippen LogP contribution in [0, 0.1) is 5.41 Å². The van der Waals surface area contributed by atoms with E-state index in [1.807, 2.05) is 12.1 Å². The summed E-state index contributed by atoms with van der Waals surface area (Å²) in [4.78, 5) is 10.9. The highest BCUT2D eigenvalue weighted by molar-refractivity contribution is 7.81. The first-order chi connectivity index (χ1) is 9.66. The van der Waals surface area contributed by atoms with E-state index in [0.717, 1.165) is 5.69 Å². The first-order valence-corrected chi connectivity index (χ1v) is 7.45. The van der Waals surface area contributed by atoms with E-state index in [2.05, 4.69) is 69.5 Å². The average molecular weight is 307 g/mol. The van der Waals surface area contributed by atoms with Gasteiger partial charge in [-0.3, -0.25) is 4.79 Å². The van der Waals surface area contributed by atoms with Gasteiger partial charge in [-0.15, -0.1) is 0 Å². The van der Waals surface area contributed by atoms with Crippen molar-refractivity contribution in [3.8, 4) is 0 Å². The molecule has 116 valence electrons. The monoisotopic (exact) mass is 307 g/mol. The Morgan fingerprint density at radius 2 is 1.76 bits per heavy atom. The molecule has 21 heavy (non-hydrogen) atoms. The maximum absolute atomic E-state index is 10.9. The van der Waals surface area contributed by atoms with Crippen molar-refractivity contribution in [2.24, 2.45) is 5.41 Å². The molecule has 1 N–H and O–H groups in total. The number of hydrogen-bond acceptors (Lipinski definition) is 4. The van der Waals surface area contributed by atoms with Crippen LogP contribution < -0.4 is 4.72 Å². The van der Waals surface area contributed by atoms with Crippen LogP contribution in [-0.2, 0) is 14.9 Å². The lowest BCUT2D eigenvalue weighted by molar-refractivity contribution is -0.143. The number of thiol groups is 1. The molecule has 0 aliphatic carbocycles. The summed E-state index contributed by atoms with van der Waals surface area (Å²) in [6.07, 6.45) is 4.28. The van der Waals surface area contributed by atoms with E-state index in [0.29, 0.717) is 6.61 Å². The van der Waals surface area contributed by atoms with Crippen LogP contribution in [0.15, 0.2) is 36.4 Å². The van der Waals surface area contributed by atoms with Gasteiger partial charge < -0.3 is 9.46 Å². The molecule has 0 fully saturated rings. The summed E-state index contributed by atoms with van der Waals surface area (Å²) >= 11 is 4.03. The van der Waals surface area contributed by atoms with Crippen LogP contribution in [-0.4, -0.2) is 12.6 Å². The average Bonchev–Trinajstić information content (AvgIpc) is 2.44. The van der Waals surface area contributed by atoms with Crippen molar-refractivity contribution in [2.75, 3.05) is 11.3 Å². The van der Waals surface area contributed by atoms with E-state index in [-0.39, 0.29) is 16.8 Å². The Bertz CT molecular complexity index is 504. The summed E-state index contributed by atoms with van der Waals surface area (Å²) in [7, 11) is 0. The Morgan fingerprint density at radius 1 is 1.19 bits per heavy atom. The summed E-state index contributed by atoms with van der Waals surface area (Å²) < 4.78 is 7.92. The van der Waals surface area contributed by atoms with E-state index >= 15 is 0 Å². The van der Waals surface area contributed by atoms with Crippen molar-refractivity contribution < 1.29 is 9.53 Å². The largest absolute Gasteiger partial charge is 0.465 e. The molecular weight excluding hydrogens is 282 g/mol.